The highest BCUT2D eigenvalue weighted by Gasteiger charge is 2.13. The fourth-order valence-corrected chi connectivity index (χ4v) is 4.63. The number of hydrogen-bond donors (Lipinski definition) is 0. The first-order chi connectivity index (χ1) is 6.49. The fourth-order valence-electron chi connectivity index (χ4n) is 0.747. The first-order valence-corrected chi connectivity index (χ1v) is 10.3. The van der Waals surface area contributed by atoms with Crippen molar-refractivity contribution in [3.05, 3.63) is 0 Å². The van der Waals surface area contributed by atoms with E-state index in [-0.39, 0.29) is 0 Å². The van der Waals surface area contributed by atoms with Gasteiger partial charge in [-0.3, -0.25) is 0 Å². The zero-order chi connectivity index (χ0) is 11.2. The maximum atomic E-state index is 5.56. The minimum atomic E-state index is -1.55. The topological polar surface area (TPSA) is 15.6 Å². The third-order valence-electron chi connectivity index (χ3n) is 1.58. The number of thioether (sulfide) groups is 1. The summed E-state index contributed by atoms with van der Waals surface area (Å²) in [5, 5.41) is -0.469. The van der Waals surface area contributed by atoms with Gasteiger partial charge in [-0.2, -0.15) is 0 Å². The lowest BCUT2D eigenvalue weighted by Gasteiger charge is -2.19. The van der Waals surface area contributed by atoms with Gasteiger partial charge in [0.15, 0.2) is 5.17 Å². The molecule has 0 spiro atoms. The van der Waals surface area contributed by atoms with Gasteiger partial charge < -0.3 is 4.90 Å². The number of rotatable bonds is 4. The van der Waals surface area contributed by atoms with E-state index in [1.54, 1.807) is 23.1 Å². The van der Waals surface area contributed by atoms with E-state index < -0.39 is 5.39 Å². The van der Waals surface area contributed by atoms with E-state index in [1.807, 2.05) is 14.1 Å². The summed E-state index contributed by atoms with van der Waals surface area (Å²) >= 11 is 9.07. The van der Waals surface area contributed by atoms with Crippen LogP contribution in [0, 0.1) is 0 Å². The molecule has 0 aromatic heterocycles. The molecule has 1 atom stereocenters. The van der Waals surface area contributed by atoms with Gasteiger partial charge in [-0.05, 0) is 12.0 Å². The van der Waals surface area contributed by atoms with Crippen molar-refractivity contribution in [2.24, 2.45) is 4.76 Å². The Labute approximate surface area is 101 Å². The average Bonchev–Trinajstić information content (AvgIpc) is 2.17. The molecule has 2 nitrogen and oxygen atoms in total. The highest BCUT2D eigenvalue weighted by atomic mass is 32.9. The number of hydrogen-bond acceptors (Lipinski definition) is 3. The molecule has 0 saturated carbocycles. The van der Waals surface area contributed by atoms with Crippen LogP contribution in [0.5, 0.6) is 0 Å². The SMILES string of the molecule is CCSC(=NP(=S)(CC)SC)N(C)C. The average molecular weight is 270 g/mol. The van der Waals surface area contributed by atoms with Crippen molar-refractivity contribution in [1.82, 2.24) is 4.90 Å². The summed E-state index contributed by atoms with van der Waals surface area (Å²) in [5.41, 5.74) is 0. The van der Waals surface area contributed by atoms with Crippen molar-refractivity contribution in [1.29, 1.82) is 0 Å². The quantitative estimate of drug-likeness (QED) is 0.442. The van der Waals surface area contributed by atoms with Crippen LogP contribution in [0.15, 0.2) is 4.76 Å². The second kappa shape index (κ2) is 7.15. The first-order valence-electron chi connectivity index (χ1n) is 4.54. The third kappa shape index (κ3) is 5.06. The fraction of sp³-hybridized carbons (Fsp3) is 0.875. The van der Waals surface area contributed by atoms with Crippen LogP contribution in [-0.2, 0) is 11.8 Å². The standard InChI is InChI=1S/C8H19N2PS3/c1-6-11(12,13-5)9-8(10(3)4)14-7-2/h6-7H2,1-5H3. The summed E-state index contributed by atoms with van der Waals surface area (Å²) in [7, 11) is 4.05. The van der Waals surface area contributed by atoms with E-state index in [0.717, 1.165) is 17.1 Å². The molecule has 1 unspecified atom stereocenters. The Morgan fingerprint density at radius 3 is 2.29 bits per heavy atom. The molecule has 0 bridgehead atoms. The molecule has 0 aliphatic rings. The van der Waals surface area contributed by atoms with Crippen molar-refractivity contribution in [2.75, 3.05) is 32.3 Å². The van der Waals surface area contributed by atoms with Gasteiger partial charge in [0.2, 0.25) is 0 Å². The van der Waals surface area contributed by atoms with E-state index in [4.69, 9.17) is 16.6 Å². The molecule has 84 valence electrons. The van der Waals surface area contributed by atoms with Gasteiger partial charge in [-0.15, -0.1) is 11.4 Å². The second-order valence-corrected chi connectivity index (χ2v) is 12.0. The molecule has 0 N–H and O–H groups in total. The van der Waals surface area contributed by atoms with Crippen molar-refractivity contribution in [3.8, 4) is 0 Å². The molecule has 0 aliphatic heterocycles. The minimum absolute atomic E-state index is 0.991. The molecule has 0 saturated heterocycles. The summed E-state index contributed by atoms with van der Waals surface area (Å²) in [4.78, 5) is 2.06. The maximum Gasteiger partial charge on any atom is 0.163 e. The van der Waals surface area contributed by atoms with E-state index in [1.165, 1.54) is 0 Å². The monoisotopic (exact) mass is 270 g/mol. The van der Waals surface area contributed by atoms with Gasteiger partial charge in [0.25, 0.3) is 0 Å². The minimum Gasteiger partial charge on any atom is -0.357 e. The van der Waals surface area contributed by atoms with Gasteiger partial charge in [-0.1, -0.05) is 37.4 Å². The predicted molar refractivity (Wildman–Crippen MR) is 77.6 cm³/mol. The normalized spacial score (nSPS) is 16.5. The Hall–Kier alpha value is 0.820. The lowest BCUT2D eigenvalue weighted by atomic mass is 10.9. The van der Waals surface area contributed by atoms with Crippen LogP contribution in [0.3, 0.4) is 0 Å². The summed E-state index contributed by atoms with van der Waals surface area (Å²) < 4.78 is 4.73. The van der Waals surface area contributed by atoms with Crippen LogP contribution in [0.25, 0.3) is 0 Å². The van der Waals surface area contributed by atoms with Crippen molar-refractivity contribution < 1.29 is 0 Å². The summed E-state index contributed by atoms with van der Waals surface area (Å²) in [6.07, 6.45) is 3.06. The van der Waals surface area contributed by atoms with E-state index >= 15 is 0 Å². The van der Waals surface area contributed by atoms with Crippen molar-refractivity contribution in [2.45, 2.75) is 13.8 Å². The Kier molecular flexibility index (Phi) is 7.57. The molecular formula is C8H19N2PS3. The lowest BCUT2D eigenvalue weighted by molar-refractivity contribution is 0.638. The first kappa shape index (κ1) is 14.8. The van der Waals surface area contributed by atoms with E-state index in [0.29, 0.717) is 0 Å². The molecule has 0 radical (unpaired) electrons. The van der Waals surface area contributed by atoms with Crippen LogP contribution in [0.2, 0.25) is 0 Å². The van der Waals surface area contributed by atoms with Crippen LogP contribution in [0.1, 0.15) is 13.8 Å². The molecule has 6 heteroatoms. The van der Waals surface area contributed by atoms with E-state index in [2.05, 4.69) is 25.0 Å². The summed E-state index contributed by atoms with van der Waals surface area (Å²) in [6.45, 7) is 4.27. The molecule has 0 rings (SSSR count). The van der Waals surface area contributed by atoms with Gasteiger partial charge in [0.1, 0.15) is 5.39 Å². The molecule has 0 fully saturated rings. The second-order valence-electron chi connectivity index (χ2n) is 2.85. The van der Waals surface area contributed by atoms with Crippen LogP contribution >= 0.6 is 28.5 Å². The van der Waals surface area contributed by atoms with Gasteiger partial charge in [-0.25, -0.2) is 4.76 Å². The van der Waals surface area contributed by atoms with Gasteiger partial charge in [0.05, 0.1) is 0 Å². The highest BCUT2D eigenvalue weighted by Crippen LogP contribution is 2.59. The molecule has 0 aliphatic carbocycles. The zero-order valence-electron chi connectivity index (χ0n) is 9.48. The van der Waals surface area contributed by atoms with Crippen LogP contribution in [-0.4, -0.2) is 42.3 Å². The molecule has 14 heavy (non-hydrogen) atoms. The van der Waals surface area contributed by atoms with E-state index in [9.17, 15) is 0 Å². The summed E-state index contributed by atoms with van der Waals surface area (Å²) in [6, 6.07) is 0. The molecular weight excluding hydrogens is 251 g/mol. The van der Waals surface area contributed by atoms with Crippen molar-refractivity contribution in [3.63, 3.8) is 0 Å². The van der Waals surface area contributed by atoms with Gasteiger partial charge >= 0.3 is 0 Å². The third-order valence-corrected chi connectivity index (χ3v) is 9.67. The zero-order valence-corrected chi connectivity index (χ0v) is 12.8. The predicted octanol–water partition coefficient (Wildman–Crippen LogP) is 3.35. The summed E-state index contributed by atoms with van der Waals surface area (Å²) in [5.74, 6) is 1.05. The highest BCUT2D eigenvalue weighted by molar-refractivity contribution is 8.70. The lowest BCUT2D eigenvalue weighted by Crippen LogP contribution is -2.18. The van der Waals surface area contributed by atoms with Crippen LogP contribution < -0.4 is 0 Å². The Balaban J connectivity index is 4.78. The Morgan fingerprint density at radius 1 is 1.43 bits per heavy atom. The molecule has 0 heterocycles. The number of nitrogens with zero attached hydrogens (tertiary/aromatic N) is 2. The smallest absolute Gasteiger partial charge is 0.163 e. The van der Waals surface area contributed by atoms with Crippen LogP contribution in [0.4, 0.5) is 0 Å². The van der Waals surface area contributed by atoms with Gasteiger partial charge in [0, 0.05) is 20.3 Å². The largest absolute Gasteiger partial charge is 0.357 e. The maximum absolute atomic E-state index is 5.56. The van der Waals surface area contributed by atoms with Crippen molar-refractivity contribution >= 4 is 45.5 Å². The number of amidine groups is 1. The molecule has 0 amide bonds. The Morgan fingerprint density at radius 2 is 2.00 bits per heavy atom. The molecule has 0 aromatic carbocycles. The Bertz CT molecular complexity index is 233. The molecule has 0 aromatic rings.